The van der Waals surface area contributed by atoms with Crippen molar-refractivity contribution >= 4 is 5.78 Å². The third-order valence-corrected chi connectivity index (χ3v) is 8.49. The van der Waals surface area contributed by atoms with E-state index in [2.05, 4.69) is 13.8 Å². The molecule has 162 valence electrons. The van der Waals surface area contributed by atoms with Crippen molar-refractivity contribution in [3.05, 3.63) is 28.5 Å². The van der Waals surface area contributed by atoms with E-state index >= 15 is 0 Å². The molecule has 1 saturated heterocycles. The molecule has 6 rings (SSSR count). The molecule has 2 saturated carbocycles. The maximum absolute atomic E-state index is 14.4. The third kappa shape index (κ3) is 2.22. The number of quaternary nitrogens is 1. The van der Waals surface area contributed by atoms with Crippen LogP contribution in [0.1, 0.15) is 57.1 Å². The Hall–Kier alpha value is -1.63. The van der Waals surface area contributed by atoms with Gasteiger partial charge in [0, 0.05) is 37.4 Å². The first-order valence-corrected chi connectivity index (χ1v) is 11.6. The van der Waals surface area contributed by atoms with Gasteiger partial charge >= 0.3 is 0 Å². The lowest BCUT2D eigenvalue weighted by molar-refractivity contribution is -0.924. The van der Waals surface area contributed by atoms with Crippen LogP contribution in [0.5, 0.6) is 11.5 Å². The Kier molecular flexibility index (Phi) is 3.81. The summed E-state index contributed by atoms with van der Waals surface area (Å²) in [5, 5.41) is 25.0. The van der Waals surface area contributed by atoms with Crippen LogP contribution in [0, 0.1) is 17.0 Å². The van der Waals surface area contributed by atoms with E-state index in [-0.39, 0.29) is 22.2 Å². The molecule has 0 radical (unpaired) electrons. The van der Waals surface area contributed by atoms with Gasteiger partial charge in [-0.15, -0.1) is 0 Å². The molecule has 6 heteroatoms. The molecule has 6 nitrogen and oxygen atoms in total. The Bertz CT molecular complexity index is 926. The first-order valence-electron chi connectivity index (χ1n) is 11.6. The van der Waals surface area contributed by atoms with Crippen LogP contribution >= 0.6 is 0 Å². The molecular formula is C24H31NO5. The normalized spacial score (nSPS) is 41.0. The number of aromatic hydroxyl groups is 1. The molecule has 2 heterocycles. The van der Waals surface area contributed by atoms with E-state index in [1.807, 2.05) is 6.07 Å². The zero-order valence-corrected chi connectivity index (χ0v) is 17.9. The molecule has 1 spiro atoms. The average molecular weight is 414 g/mol. The van der Waals surface area contributed by atoms with Crippen LogP contribution in [0.25, 0.3) is 0 Å². The summed E-state index contributed by atoms with van der Waals surface area (Å²) < 4.78 is 12.8. The zero-order chi connectivity index (χ0) is 20.9. The van der Waals surface area contributed by atoms with Gasteiger partial charge in [0.05, 0.1) is 18.5 Å². The van der Waals surface area contributed by atoms with Gasteiger partial charge in [-0.05, 0) is 36.8 Å². The minimum absolute atomic E-state index is 0.0778. The van der Waals surface area contributed by atoms with Crippen molar-refractivity contribution in [2.75, 3.05) is 19.7 Å². The summed E-state index contributed by atoms with van der Waals surface area (Å²) in [5.74, 6) is 1.48. The standard InChI is InChI=1S/C24H31NO5/c1-14(2)13-29-24-8-7-18(27)22-23(24)9-10-25(28,12-15-3-4-15)19(24)11-16-5-6-17(26)21(30-22)20(16)23/h5-6,14-15,19,22,26H,3-4,7-13H2,1-2H3/t19-,22+,23+,24-,25?/m1/s1. The quantitative estimate of drug-likeness (QED) is 0.592. The van der Waals surface area contributed by atoms with Crippen molar-refractivity contribution in [2.24, 2.45) is 11.8 Å². The smallest absolute Gasteiger partial charge is 0.174 e. The molecule has 1 N–H and O–H groups in total. The number of nitrogens with zero attached hydrogens (tertiary/aromatic N) is 1. The lowest BCUT2D eigenvalue weighted by atomic mass is 9.48. The van der Waals surface area contributed by atoms with Crippen molar-refractivity contribution in [3.8, 4) is 11.5 Å². The van der Waals surface area contributed by atoms with Gasteiger partial charge in [-0.2, -0.15) is 0 Å². The van der Waals surface area contributed by atoms with E-state index in [1.165, 1.54) is 0 Å². The molecule has 2 bridgehead atoms. The number of piperidine rings is 1. The highest BCUT2D eigenvalue weighted by Crippen LogP contribution is 2.67. The summed E-state index contributed by atoms with van der Waals surface area (Å²) in [6, 6.07) is 3.37. The summed E-state index contributed by atoms with van der Waals surface area (Å²) in [6.45, 7) is 5.96. The van der Waals surface area contributed by atoms with Crippen molar-refractivity contribution in [2.45, 2.75) is 75.5 Å². The molecular weight excluding hydrogens is 382 g/mol. The first kappa shape index (κ1) is 19.1. The highest BCUT2D eigenvalue weighted by molar-refractivity contribution is 5.90. The molecule has 3 aliphatic carbocycles. The van der Waals surface area contributed by atoms with Gasteiger partial charge in [-0.1, -0.05) is 19.9 Å². The molecule has 1 aromatic carbocycles. The van der Waals surface area contributed by atoms with Crippen molar-refractivity contribution in [1.29, 1.82) is 0 Å². The molecule has 1 aromatic rings. The summed E-state index contributed by atoms with van der Waals surface area (Å²) >= 11 is 0. The Labute approximate surface area is 177 Å². The van der Waals surface area contributed by atoms with Gasteiger partial charge in [0.1, 0.15) is 11.6 Å². The number of rotatable bonds is 5. The Morgan fingerprint density at radius 2 is 2.13 bits per heavy atom. The zero-order valence-electron chi connectivity index (χ0n) is 17.9. The molecule has 3 fully saturated rings. The molecule has 30 heavy (non-hydrogen) atoms. The average Bonchev–Trinajstić information content (AvgIpc) is 3.43. The number of ketones is 1. The van der Waals surface area contributed by atoms with Crippen LogP contribution in [-0.2, 0) is 21.4 Å². The summed E-state index contributed by atoms with van der Waals surface area (Å²) in [6.07, 6.45) is 3.80. The number of ether oxygens (including phenoxy) is 2. The van der Waals surface area contributed by atoms with Gasteiger partial charge in [-0.3, -0.25) is 4.79 Å². The fourth-order valence-electron chi connectivity index (χ4n) is 7.12. The lowest BCUT2D eigenvalue weighted by Gasteiger charge is -2.68. The minimum Gasteiger partial charge on any atom is -0.632 e. The Morgan fingerprint density at radius 3 is 2.87 bits per heavy atom. The van der Waals surface area contributed by atoms with Crippen molar-refractivity contribution in [1.82, 2.24) is 0 Å². The molecule has 0 aromatic heterocycles. The van der Waals surface area contributed by atoms with E-state index in [1.54, 1.807) is 6.07 Å². The molecule has 0 amide bonds. The predicted molar refractivity (Wildman–Crippen MR) is 110 cm³/mol. The largest absolute Gasteiger partial charge is 0.632 e. The van der Waals surface area contributed by atoms with Gasteiger partial charge in [-0.25, -0.2) is 0 Å². The number of benzene rings is 1. The minimum atomic E-state index is -0.712. The van der Waals surface area contributed by atoms with Crippen LogP contribution in [0.3, 0.4) is 0 Å². The van der Waals surface area contributed by atoms with Crippen LogP contribution in [0.4, 0.5) is 0 Å². The van der Waals surface area contributed by atoms with E-state index < -0.39 is 17.1 Å². The summed E-state index contributed by atoms with van der Waals surface area (Å²) in [4.78, 5) is 13.1. The number of hydrogen-bond acceptors (Lipinski definition) is 5. The second kappa shape index (κ2) is 5.99. The fourth-order valence-corrected chi connectivity index (χ4v) is 7.12. The monoisotopic (exact) mass is 413 g/mol. The number of carbonyl (C=O) groups is 1. The van der Waals surface area contributed by atoms with Gasteiger partial charge in [0.25, 0.3) is 0 Å². The Balaban J connectivity index is 1.58. The SMILES string of the molecule is CC(C)CO[C@@]12CCC(=O)[C@@H]3Oc4c(O)ccc5c4[C@@]31CC[N+]([O-])(CC1CC1)[C@@H]2C5. The fraction of sp³-hybridized carbons (Fsp3) is 0.708. The van der Waals surface area contributed by atoms with E-state index in [4.69, 9.17) is 9.47 Å². The topological polar surface area (TPSA) is 78.8 Å². The van der Waals surface area contributed by atoms with E-state index in [0.29, 0.717) is 63.0 Å². The number of hydroxylamine groups is 3. The number of likely N-dealkylation sites (tertiary alicyclic amines) is 1. The van der Waals surface area contributed by atoms with Crippen molar-refractivity contribution in [3.63, 3.8) is 0 Å². The molecule has 2 aliphatic heterocycles. The number of carbonyl (C=O) groups excluding carboxylic acids is 1. The maximum Gasteiger partial charge on any atom is 0.174 e. The second-order valence-corrected chi connectivity index (χ2v) is 10.7. The van der Waals surface area contributed by atoms with Crippen LogP contribution in [0.2, 0.25) is 0 Å². The molecule has 5 aliphatic rings. The predicted octanol–water partition coefficient (Wildman–Crippen LogP) is 3.22. The molecule has 1 unspecified atom stereocenters. The van der Waals surface area contributed by atoms with Crippen LogP contribution in [-0.4, -0.2) is 53.0 Å². The van der Waals surface area contributed by atoms with Gasteiger partial charge < -0.3 is 24.4 Å². The maximum atomic E-state index is 14.4. The summed E-state index contributed by atoms with van der Waals surface area (Å²) in [5.41, 5.74) is 0.650. The number of phenols is 1. The van der Waals surface area contributed by atoms with Crippen molar-refractivity contribution < 1.29 is 24.0 Å². The van der Waals surface area contributed by atoms with Crippen LogP contribution < -0.4 is 4.74 Å². The number of phenolic OH excluding ortho intramolecular Hbond substituents is 1. The first-order chi connectivity index (χ1) is 14.3. The Morgan fingerprint density at radius 1 is 1.33 bits per heavy atom. The second-order valence-electron chi connectivity index (χ2n) is 10.7. The van der Waals surface area contributed by atoms with Crippen LogP contribution in [0.15, 0.2) is 12.1 Å². The number of Topliss-reactive ketones (excluding diaryl/α,β-unsaturated/α-hetero) is 1. The highest BCUT2D eigenvalue weighted by Gasteiger charge is 2.77. The third-order valence-electron chi connectivity index (χ3n) is 8.49. The van der Waals surface area contributed by atoms with Gasteiger partial charge in [0.2, 0.25) is 0 Å². The highest BCUT2D eigenvalue weighted by atomic mass is 16.6. The number of hydrogen-bond donors (Lipinski definition) is 1. The lowest BCUT2D eigenvalue weighted by Crippen LogP contribution is -2.81. The van der Waals surface area contributed by atoms with Gasteiger partial charge in [0.15, 0.2) is 23.4 Å². The summed E-state index contributed by atoms with van der Waals surface area (Å²) in [7, 11) is 0. The van der Waals surface area contributed by atoms with E-state index in [9.17, 15) is 15.1 Å². The van der Waals surface area contributed by atoms with E-state index in [0.717, 1.165) is 24.0 Å². The molecule has 5 atom stereocenters.